The Hall–Kier alpha value is -2.18. The lowest BCUT2D eigenvalue weighted by Crippen LogP contribution is -2.28. The molecule has 2 atom stereocenters. The first-order chi connectivity index (χ1) is 23.9. The summed E-state index contributed by atoms with van der Waals surface area (Å²) in [6, 6.07) is 0. The zero-order chi connectivity index (χ0) is 36.0. The first-order valence-corrected chi connectivity index (χ1v) is 20.2. The molecular formula is C43H76O6. The molecule has 6 nitrogen and oxygen atoms in total. The molecule has 0 saturated carbocycles. The third kappa shape index (κ3) is 36.9. The van der Waals surface area contributed by atoms with Crippen LogP contribution in [0.15, 0.2) is 48.6 Å². The van der Waals surface area contributed by atoms with Gasteiger partial charge in [0.15, 0.2) is 6.10 Å². The number of unbranched alkanes of at least 4 members (excludes halogenated alkanes) is 17. The number of carbonyl (C=O) groups is 2. The molecule has 0 fully saturated rings. The van der Waals surface area contributed by atoms with E-state index >= 15 is 0 Å². The summed E-state index contributed by atoms with van der Waals surface area (Å²) in [6.45, 7) is 6.33. The second-order valence-corrected chi connectivity index (χ2v) is 14.0. The molecule has 0 amide bonds. The zero-order valence-corrected chi connectivity index (χ0v) is 32.0. The zero-order valence-electron chi connectivity index (χ0n) is 32.0. The van der Waals surface area contributed by atoms with E-state index in [1.165, 1.54) is 96.3 Å². The van der Waals surface area contributed by atoms with Crippen LogP contribution in [0.3, 0.4) is 0 Å². The van der Waals surface area contributed by atoms with E-state index in [9.17, 15) is 19.8 Å². The summed E-state index contributed by atoms with van der Waals surface area (Å²) < 4.78 is 10.5. The first kappa shape index (κ1) is 46.8. The lowest BCUT2D eigenvalue weighted by atomic mass is 10.0. The normalized spacial score (nSPS) is 13.4. The third-order valence-corrected chi connectivity index (χ3v) is 8.63. The fraction of sp³-hybridized carbons (Fsp3) is 0.767. The predicted molar refractivity (Wildman–Crippen MR) is 206 cm³/mol. The Labute approximate surface area is 301 Å². The highest BCUT2D eigenvalue weighted by atomic mass is 16.6. The van der Waals surface area contributed by atoms with Crippen molar-refractivity contribution >= 4 is 11.9 Å². The molecular weight excluding hydrogens is 612 g/mol. The van der Waals surface area contributed by atoms with Crippen molar-refractivity contribution in [3.63, 3.8) is 0 Å². The van der Waals surface area contributed by atoms with Crippen LogP contribution in [0.4, 0.5) is 0 Å². The summed E-state index contributed by atoms with van der Waals surface area (Å²) in [5.74, 6) is 0.123. The molecule has 1 unspecified atom stereocenters. The highest BCUT2D eigenvalue weighted by molar-refractivity contribution is 5.70. The van der Waals surface area contributed by atoms with Crippen LogP contribution in [0.25, 0.3) is 0 Å². The largest absolute Gasteiger partial charge is 0.462 e. The number of hydrogen-bond donors (Lipinski definition) is 2. The SMILES string of the molecule is CCCCC/C=C\C/C=C\CC(O)/C=C\C=C\CCCC(=O)OC[C@H](CO)OC(=O)CCCCCCCCCCCCCCCCC(C)C. The minimum atomic E-state index is -0.820. The molecule has 0 spiro atoms. The van der Waals surface area contributed by atoms with Crippen molar-refractivity contribution in [2.75, 3.05) is 13.2 Å². The molecule has 0 aliphatic carbocycles. The third-order valence-electron chi connectivity index (χ3n) is 8.63. The van der Waals surface area contributed by atoms with Gasteiger partial charge in [0.2, 0.25) is 0 Å². The van der Waals surface area contributed by atoms with Crippen LogP contribution in [0, 0.1) is 5.92 Å². The lowest BCUT2D eigenvalue weighted by molar-refractivity contribution is -0.161. The van der Waals surface area contributed by atoms with Crippen LogP contribution in [0.2, 0.25) is 0 Å². The Balaban J connectivity index is 3.72. The van der Waals surface area contributed by atoms with Gasteiger partial charge in [0.05, 0.1) is 12.7 Å². The minimum Gasteiger partial charge on any atom is -0.462 e. The number of carbonyl (C=O) groups excluding carboxylic acids is 2. The van der Waals surface area contributed by atoms with Gasteiger partial charge < -0.3 is 19.7 Å². The minimum absolute atomic E-state index is 0.125. The van der Waals surface area contributed by atoms with E-state index in [0.717, 1.165) is 38.0 Å². The molecule has 6 heteroatoms. The standard InChI is InChI=1S/C43H76O6/c1-4-5-6-7-8-15-19-23-28-33-40(45)34-29-24-21-26-30-35-42(46)48-38-41(37-44)49-43(47)36-31-25-20-17-14-12-10-9-11-13-16-18-22-27-32-39(2)3/h8,15,21,23-24,28-29,34,39-41,44-45H,4-7,9-14,16-20,22,25-27,30-33,35-38H2,1-3H3/b15-8-,24-21+,28-23-,34-29-/t40?,41-/m0/s1. The molecule has 0 radical (unpaired) electrons. The summed E-state index contributed by atoms with van der Waals surface area (Å²) in [5.41, 5.74) is 0. The molecule has 2 N–H and O–H groups in total. The molecule has 284 valence electrons. The molecule has 0 aromatic rings. The number of ether oxygens (including phenoxy) is 2. The van der Waals surface area contributed by atoms with E-state index in [0.29, 0.717) is 25.7 Å². The molecule has 0 aromatic heterocycles. The number of esters is 2. The summed E-state index contributed by atoms with van der Waals surface area (Å²) in [7, 11) is 0. The fourth-order valence-electron chi connectivity index (χ4n) is 5.52. The number of aliphatic hydroxyl groups is 2. The Morgan fingerprint density at radius 2 is 1.20 bits per heavy atom. The highest BCUT2D eigenvalue weighted by Crippen LogP contribution is 2.15. The van der Waals surface area contributed by atoms with Crippen molar-refractivity contribution in [2.24, 2.45) is 5.92 Å². The molecule has 0 bridgehead atoms. The van der Waals surface area contributed by atoms with E-state index in [1.807, 2.05) is 24.3 Å². The number of aliphatic hydroxyl groups excluding tert-OH is 2. The van der Waals surface area contributed by atoms with Gasteiger partial charge >= 0.3 is 11.9 Å². The average molecular weight is 689 g/mol. The van der Waals surface area contributed by atoms with Gasteiger partial charge in [-0.3, -0.25) is 9.59 Å². The maximum Gasteiger partial charge on any atom is 0.306 e. The van der Waals surface area contributed by atoms with Gasteiger partial charge in [-0.2, -0.15) is 0 Å². The summed E-state index contributed by atoms with van der Waals surface area (Å²) in [6.07, 6.45) is 42.0. The lowest BCUT2D eigenvalue weighted by Gasteiger charge is -2.15. The van der Waals surface area contributed by atoms with E-state index in [-0.39, 0.29) is 31.6 Å². The fourth-order valence-corrected chi connectivity index (χ4v) is 5.52. The Morgan fingerprint density at radius 3 is 1.82 bits per heavy atom. The summed E-state index contributed by atoms with van der Waals surface area (Å²) >= 11 is 0. The molecule has 0 saturated heterocycles. The maximum absolute atomic E-state index is 12.2. The van der Waals surface area contributed by atoms with Gasteiger partial charge in [0.1, 0.15) is 6.61 Å². The molecule has 0 rings (SSSR count). The topological polar surface area (TPSA) is 93.1 Å². The van der Waals surface area contributed by atoms with Gasteiger partial charge in [0, 0.05) is 12.8 Å². The second kappa shape index (κ2) is 37.1. The van der Waals surface area contributed by atoms with Crippen LogP contribution in [-0.4, -0.2) is 47.6 Å². The van der Waals surface area contributed by atoms with Gasteiger partial charge in [-0.1, -0.05) is 172 Å². The Bertz CT molecular complexity index is 858. The number of rotatable bonds is 35. The quantitative estimate of drug-likeness (QED) is 0.0298. The monoisotopic (exact) mass is 689 g/mol. The number of allylic oxidation sites excluding steroid dienone is 6. The Kier molecular flexibility index (Phi) is 35.4. The van der Waals surface area contributed by atoms with E-state index in [4.69, 9.17) is 9.47 Å². The summed E-state index contributed by atoms with van der Waals surface area (Å²) in [5, 5.41) is 19.6. The van der Waals surface area contributed by atoms with Crippen molar-refractivity contribution in [3.8, 4) is 0 Å². The molecule has 0 aliphatic rings. The van der Waals surface area contributed by atoms with Gasteiger partial charge in [0.25, 0.3) is 0 Å². The van der Waals surface area contributed by atoms with Crippen LogP contribution in [0.1, 0.15) is 181 Å². The Morgan fingerprint density at radius 1 is 0.633 bits per heavy atom. The van der Waals surface area contributed by atoms with Crippen LogP contribution >= 0.6 is 0 Å². The van der Waals surface area contributed by atoms with Crippen molar-refractivity contribution in [2.45, 2.75) is 193 Å². The summed E-state index contributed by atoms with van der Waals surface area (Å²) in [4.78, 5) is 24.2. The van der Waals surface area contributed by atoms with Crippen molar-refractivity contribution in [1.82, 2.24) is 0 Å². The van der Waals surface area contributed by atoms with Crippen LogP contribution < -0.4 is 0 Å². The number of hydrogen-bond acceptors (Lipinski definition) is 6. The van der Waals surface area contributed by atoms with E-state index in [2.05, 4.69) is 39.0 Å². The van der Waals surface area contributed by atoms with Gasteiger partial charge in [-0.15, -0.1) is 0 Å². The molecule has 0 heterocycles. The molecule has 49 heavy (non-hydrogen) atoms. The van der Waals surface area contributed by atoms with Crippen molar-refractivity contribution in [1.29, 1.82) is 0 Å². The van der Waals surface area contributed by atoms with Crippen molar-refractivity contribution in [3.05, 3.63) is 48.6 Å². The van der Waals surface area contributed by atoms with Gasteiger partial charge in [-0.25, -0.2) is 0 Å². The van der Waals surface area contributed by atoms with E-state index in [1.54, 1.807) is 6.08 Å². The van der Waals surface area contributed by atoms with Crippen molar-refractivity contribution < 1.29 is 29.3 Å². The predicted octanol–water partition coefficient (Wildman–Crippen LogP) is 11.4. The van der Waals surface area contributed by atoms with Gasteiger partial charge in [-0.05, 0) is 50.9 Å². The van der Waals surface area contributed by atoms with Crippen LogP contribution in [-0.2, 0) is 19.1 Å². The highest BCUT2D eigenvalue weighted by Gasteiger charge is 2.16. The van der Waals surface area contributed by atoms with E-state index < -0.39 is 12.2 Å². The maximum atomic E-state index is 12.2. The molecule has 0 aromatic carbocycles. The molecule has 0 aliphatic heterocycles. The average Bonchev–Trinajstić information content (AvgIpc) is 3.08. The van der Waals surface area contributed by atoms with Crippen LogP contribution in [0.5, 0.6) is 0 Å². The smallest absolute Gasteiger partial charge is 0.306 e. The first-order valence-electron chi connectivity index (χ1n) is 20.2. The second-order valence-electron chi connectivity index (χ2n) is 14.0.